The normalized spacial score (nSPS) is 12.8. The third-order valence-corrected chi connectivity index (χ3v) is 10.1. The molecule has 0 aliphatic heterocycles. The van der Waals surface area contributed by atoms with Crippen LogP contribution in [0.25, 0.3) is 0 Å². The summed E-state index contributed by atoms with van der Waals surface area (Å²) < 4.78 is 6.04. The molecule has 0 heterocycles. The molecule has 5 N–H and O–H groups in total. The summed E-state index contributed by atoms with van der Waals surface area (Å²) in [5.74, 6) is -1.56. The lowest BCUT2D eigenvalue weighted by Crippen LogP contribution is -2.46. The number of nitrogens with two attached hydrogens (primary N) is 1. The van der Waals surface area contributed by atoms with Crippen LogP contribution in [0.4, 0.5) is 11.4 Å². The SMILES string of the molecule is CC(C)Cc1ccc(NC(=O)C(C)NC(=O)CNC(=O)Cc2ccc(N(C)C(=O)C(CC=O)C(C)C)cc2)cc1CN(C)C(=O)C(C)(C)CCOC(C)(C)CCN. The van der Waals surface area contributed by atoms with Crippen molar-refractivity contribution in [3.8, 4) is 0 Å². The predicted octanol–water partition coefficient (Wildman–Crippen LogP) is 5.03. The highest BCUT2D eigenvalue weighted by Gasteiger charge is 2.32. The second-order valence-electron chi connectivity index (χ2n) is 17.1. The first kappa shape index (κ1) is 48.5. The molecule has 57 heavy (non-hydrogen) atoms. The van der Waals surface area contributed by atoms with Crippen LogP contribution in [0.15, 0.2) is 42.5 Å². The number of benzene rings is 2. The molecule has 316 valence electrons. The van der Waals surface area contributed by atoms with E-state index in [0.717, 1.165) is 30.3 Å². The molecule has 0 aromatic heterocycles. The lowest BCUT2D eigenvalue weighted by atomic mass is 9.87. The molecule has 13 nitrogen and oxygen atoms in total. The van der Waals surface area contributed by atoms with Crippen LogP contribution >= 0.6 is 0 Å². The van der Waals surface area contributed by atoms with Crippen LogP contribution in [-0.2, 0) is 52.9 Å². The van der Waals surface area contributed by atoms with Crippen LogP contribution in [0.1, 0.15) is 98.3 Å². The smallest absolute Gasteiger partial charge is 0.246 e. The van der Waals surface area contributed by atoms with Gasteiger partial charge in [0.15, 0.2) is 0 Å². The highest BCUT2D eigenvalue weighted by Crippen LogP contribution is 2.28. The van der Waals surface area contributed by atoms with E-state index in [0.29, 0.717) is 49.0 Å². The average molecular weight is 793 g/mol. The molecule has 0 bridgehead atoms. The van der Waals surface area contributed by atoms with E-state index in [-0.39, 0.29) is 48.6 Å². The van der Waals surface area contributed by atoms with Gasteiger partial charge in [0, 0.05) is 56.4 Å². The van der Waals surface area contributed by atoms with E-state index >= 15 is 0 Å². The Morgan fingerprint density at radius 1 is 0.877 bits per heavy atom. The van der Waals surface area contributed by atoms with Crippen LogP contribution in [0, 0.1) is 23.2 Å². The van der Waals surface area contributed by atoms with Gasteiger partial charge in [-0.3, -0.25) is 24.0 Å². The Morgan fingerprint density at radius 2 is 1.53 bits per heavy atom. The lowest BCUT2D eigenvalue weighted by molar-refractivity contribution is -0.141. The van der Waals surface area contributed by atoms with Crippen molar-refractivity contribution in [1.29, 1.82) is 0 Å². The molecule has 0 aliphatic rings. The lowest BCUT2D eigenvalue weighted by Gasteiger charge is -2.32. The summed E-state index contributed by atoms with van der Waals surface area (Å²) in [5, 5.41) is 8.10. The number of hydrogen-bond acceptors (Lipinski definition) is 8. The largest absolute Gasteiger partial charge is 0.375 e. The molecule has 2 atom stereocenters. The second-order valence-corrected chi connectivity index (χ2v) is 17.1. The van der Waals surface area contributed by atoms with Gasteiger partial charge in [0.2, 0.25) is 29.5 Å². The minimum absolute atomic E-state index is 0.00918. The number of carbonyl (C=O) groups excluding carboxylic acids is 6. The zero-order valence-electron chi connectivity index (χ0n) is 36.1. The molecule has 2 aromatic carbocycles. The number of nitrogens with one attached hydrogen (secondary N) is 3. The van der Waals surface area contributed by atoms with Gasteiger partial charge < -0.3 is 41.0 Å². The van der Waals surface area contributed by atoms with Crippen molar-refractivity contribution in [3.63, 3.8) is 0 Å². The monoisotopic (exact) mass is 793 g/mol. The number of anilines is 2. The summed E-state index contributed by atoms with van der Waals surface area (Å²) in [6.45, 7) is 18.4. The molecule has 5 amide bonds. The van der Waals surface area contributed by atoms with Gasteiger partial charge in [-0.15, -0.1) is 0 Å². The first-order valence-electron chi connectivity index (χ1n) is 20.0. The first-order valence-corrected chi connectivity index (χ1v) is 20.0. The fourth-order valence-corrected chi connectivity index (χ4v) is 6.45. The van der Waals surface area contributed by atoms with Crippen molar-refractivity contribution in [2.45, 2.75) is 113 Å². The standard InChI is InChI=1S/C44H68N6O7/c1-29(2)24-33-14-15-35(26-34(33)28-49(10)42(56)43(6,7)20-23-57-44(8,9)19-21-45)48-40(54)31(5)47-39(53)27-46-38(52)25-32-12-16-36(17-13-32)50(11)41(55)37(18-22-51)30(3)4/h12-17,22,26,29-31,37H,18-21,23-25,27-28,45H2,1-11H3,(H,46,52)(H,47,53)(H,48,54). The molecule has 2 rings (SSSR count). The minimum Gasteiger partial charge on any atom is -0.375 e. The van der Waals surface area contributed by atoms with Gasteiger partial charge >= 0.3 is 0 Å². The number of aldehydes is 1. The topological polar surface area (TPSA) is 180 Å². The molecule has 0 fully saturated rings. The van der Waals surface area contributed by atoms with Gasteiger partial charge in [-0.1, -0.05) is 59.7 Å². The van der Waals surface area contributed by atoms with Crippen molar-refractivity contribution in [2.24, 2.45) is 28.9 Å². The van der Waals surface area contributed by atoms with Crippen molar-refractivity contribution in [1.82, 2.24) is 15.5 Å². The van der Waals surface area contributed by atoms with Gasteiger partial charge in [-0.25, -0.2) is 0 Å². The molecule has 0 spiro atoms. The summed E-state index contributed by atoms with van der Waals surface area (Å²) in [7, 11) is 3.44. The van der Waals surface area contributed by atoms with Gasteiger partial charge in [-0.2, -0.15) is 0 Å². The average Bonchev–Trinajstić information content (AvgIpc) is 3.12. The van der Waals surface area contributed by atoms with Gasteiger partial charge in [0.05, 0.1) is 18.6 Å². The van der Waals surface area contributed by atoms with Crippen LogP contribution in [0.5, 0.6) is 0 Å². The molecule has 2 unspecified atom stereocenters. The van der Waals surface area contributed by atoms with Crippen molar-refractivity contribution in [3.05, 3.63) is 59.2 Å². The maximum atomic E-state index is 13.6. The molecular formula is C44H68N6O7. The second kappa shape index (κ2) is 22.4. The van der Waals surface area contributed by atoms with E-state index in [1.165, 1.54) is 4.90 Å². The zero-order valence-corrected chi connectivity index (χ0v) is 36.1. The summed E-state index contributed by atoms with van der Waals surface area (Å²) >= 11 is 0. The highest BCUT2D eigenvalue weighted by atomic mass is 16.5. The van der Waals surface area contributed by atoms with Gasteiger partial charge in [-0.05, 0) is 99.4 Å². The summed E-state index contributed by atoms with van der Waals surface area (Å²) in [5.41, 5.74) is 8.54. The van der Waals surface area contributed by atoms with Crippen LogP contribution in [-0.4, -0.2) is 86.2 Å². The fraction of sp³-hybridized carbons (Fsp3) is 0.591. The van der Waals surface area contributed by atoms with Crippen molar-refractivity contribution < 1.29 is 33.5 Å². The number of nitrogens with zero attached hydrogens (tertiary/aromatic N) is 2. The van der Waals surface area contributed by atoms with Crippen molar-refractivity contribution in [2.75, 3.05) is 44.0 Å². The Kier molecular flexibility index (Phi) is 19.0. The molecule has 0 saturated heterocycles. The summed E-state index contributed by atoms with van der Waals surface area (Å²) in [4.78, 5) is 79.3. The van der Waals surface area contributed by atoms with E-state index in [2.05, 4.69) is 29.8 Å². The third kappa shape index (κ3) is 16.0. The number of amides is 5. The number of ether oxygens (including phenoxy) is 1. The Morgan fingerprint density at radius 3 is 2.11 bits per heavy atom. The van der Waals surface area contributed by atoms with Gasteiger partial charge in [0.1, 0.15) is 12.3 Å². The molecule has 2 aromatic rings. The Balaban J connectivity index is 1.97. The Bertz CT molecular complexity index is 1670. The predicted molar refractivity (Wildman–Crippen MR) is 225 cm³/mol. The molecule has 0 aliphatic carbocycles. The summed E-state index contributed by atoms with van der Waals surface area (Å²) in [6.07, 6.45) is 2.99. The van der Waals surface area contributed by atoms with Crippen LogP contribution < -0.4 is 26.6 Å². The van der Waals surface area contributed by atoms with Crippen LogP contribution in [0.3, 0.4) is 0 Å². The Labute approximate surface area is 340 Å². The molecule has 13 heteroatoms. The Hall–Kier alpha value is -4.62. The number of rotatable bonds is 23. The van der Waals surface area contributed by atoms with Gasteiger partial charge in [0.25, 0.3) is 0 Å². The van der Waals surface area contributed by atoms with E-state index < -0.39 is 29.2 Å². The maximum Gasteiger partial charge on any atom is 0.246 e. The van der Waals surface area contributed by atoms with Crippen LogP contribution in [0.2, 0.25) is 0 Å². The highest BCUT2D eigenvalue weighted by molar-refractivity contribution is 5.98. The number of hydrogen-bond donors (Lipinski definition) is 4. The van der Waals surface area contributed by atoms with E-state index in [1.807, 2.05) is 59.7 Å². The first-order chi connectivity index (χ1) is 26.6. The third-order valence-electron chi connectivity index (χ3n) is 10.1. The minimum atomic E-state index is -0.899. The maximum absolute atomic E-state index is 13.6. The van der Waals surface area contributed by atoms with E-state index in [4.69, 9.17) is 10.5 Å². The van der Waals surface area contributed by atoms with Crippen molar-refractivity contribution >= 4 is 47.2 Å². The fourth-order valence-electron chi connectivity index (χ4n) is 6.45. The summed E-state index contributed by atoms with van der Waals surface area (Å²) in [6, 6.07) is 11.7. The molecule has 0 radical (unpaired) electrons. The number of carbonyl (C=O) groups is 6. The quantitative estimate of drug-likeness (QED) is 0.113. The molecule has 0 saturated carbocycles. The van der Waals surface area contributed by atoms with E-state index in [9.17, 15) is 28.8 Å². The van der Waals surface area contributed by atoms with E-state index in [1.54, 1.807) is 50.2 Å². The zero-order chi connectivity index (χ0) is 43.1. The molecular weight excluding hydrogens is 725 g/mol.